The number of anilines is 1. The van der Waals surface area contributed by atoms with E-state index in [0.717, 1.165) is 28.8 Å². The minimum absolute atomic E-state index is 0.0640. The van der Waals surface area contributed by atoms with Crippen molar-refractivity contribution in [2.24, 2.45) is 5.41 Å². The molecule has 1 amide bonds. The first kappa shape index (κ1) is 24.1. The molecule has 0 saturated carbocycles. The minimum atomic E-state index is -0.233. The summed E-state index contributed by atoms with van der Waals surface area (Å²) in [6.45, 7) is 14.0. The van der Waals surface area contributed by atoms with E-state index in [1.165, 1.54) is 16.9 Å². The maximum absolute atomic E-state index is 12.4. The maximum Gasteiger partial charge on any atom is 0.264 e. The molecule has 0 aliphatic rings. The molecule has 1 aromatic heterocycles. The van der Waals surface area contributed by atoms with Crippen LogP contribution < -0.4 is 14.8 Å². The summed E-state index contributed by atoms with van der Waals surface area (Å²) in [5, 5.41) is 3.38. The van der Waals surface area contributed by atoms with Crippen LogP contribution in [0.1, 0.15) is 59.9 Å². The number of benzene rings is 2. The van der Waals surface area contributed by atoms with Gasteiger partial charge in [0.1, 0.15) is 11.5 Å². The Bertz CT molecular complexity index is 1050. The highest BCUT2D eigenvalue weighted by Gasteiger charge is 2.27. The van der Waals surface area contributed by atoms with Gasteiger partial charge in [0, 0.05) is 0 Å². The number of fused-ring (bicyclic) bond motifs is 1. The molecule has 3 rings (SSSR count). The first-order chi connectivity index (χ1) is 15.1. The fraction of sp³-hybridized carbons (Fsp3) is 0.462. The highest BCUT2D eigenvalue weighted by molar-refractivity contribution is 7.22. The number of aromatic nitrogens is 1. The summed E-state index contributed by atoms with van der Waals surface area (Å²) in [4.78, 5) is 16.8. The van der Waals surface area contributed by atoms with Gasteiger partial charge in [-0.15, -0.1) is 0 Å². The molecular weight excluding hydrogens is 420 g/mol. The molecule has 0 saturated heterocycles. The summed E-state index contributed by atoms with van der Waals surface area (Å²) >= 11 is 1.43. The summed E-state index contributed by atoms with van der Waals surface area (Å²) in [5.41, 5.74) is 2.42. The van der Waals surface area contributed by atoms with Gasteiger partial charge in [0.05, 0.1) is 16.8 Å². The molecule has 0 aliphatic heterocycles. The van der Waals surface area contributed by atoms with E-state index in [1.807, 2.05) is 30.3 Å². The van der Waals surface area contributed by atoms with E-state index in [4.69, 9.17) is 9.47 Å². The zero-order valence-corrected chi connectivity index (χ0v) is 20.8. The van der Waals surface area contributed by atoms with E-state index in [2.05, 4.69) is 64.0 Å². The van der Waals surface area contributed by atoms with E-state index in [1.54, 1.807) is 0 Å². The predicted molar refractivity (Wildman–Crippen MR) is 133 cm³/mol. The van der Waals surface area contributed by atoms with E-state index >= 15 is 0 Å². The van der Waals surface area contributed by atoms with Crippen molar-refractivity contribution >= 4 is 32.6 Å². The van der Waals surface area contributed by atoms with Crippen molar-refractivity contribution in [3.8, 4) is 11.5 Å². The van der Waals surface area contributed by atoms with Gasteiger partial charge < -0.3 is 9.47 Å². The molecule has 0 fully saturated rings. The number of thiazole rings is 1. The quantitative estimate of drug-likeness (QED) is 0.385. The van der Waals surface area contributed by atoms with Gasteiger partial charge >= 0.3 is 0 Å². The Morgan fingerprint density at radius 2 is 1.69 bits per heavy atom. The molecule has 0 spiro atoms. The van der Waals surface area contributed by atoms with Crippen LogP contribution in [0.15, 0.2) is 42.5 Å². The van der Waals surface area contributed by atoms with Crippen LogP contribution in [0.25, 0.3) is 10.2 Å². The van der Waals surface area contributed by atoms with Crippen LogP contribution in [-0.2, 0) is 10.2 Å². The van der Waals surface area contributed by atoms with Crippen LogP contribution in [0.3, 0.4) is 0 Å². The Morgan fingerprint density at radius 3 is 2.34 bits per heavy atom. The maximum atomic E-state index is 12.4. The second-order valence-electron chi connectivity index (χ2n) is 9.98. The number of amides is 1. The van der Waals surface area contributed by atoms with Crippen LogP contribution in [0, 0.1) is 5.41 Å². The highest BCUT2D eigenvalue weighted by atomic mass is 32.1. The Morgan fingerprint density at radius 1 is 1.00 bits per heavy atom. The average molecular weight is 455 g/mol. The van der Waals surface area contributed by atoms with Crippen LogP contribution in [0.2, 0.25) is 0 Å². The second-order valence-corrected chi connectivity index (χ2v) is 11.0. The molecule has 172 valence electrons. The van der Waals surface area contributed by atoms with Crippen molar-refractivity contribution in [3.05, 3.63) is 48.0 Å². The zero-order valence-electron chi connectivity index (χ0n) is 20.0. The van der Waals surface area contributed by atoms with Crippen LogP contribution >= 0.6 is 11.3 Å². The average Bonchev–Trinajstić information content (AvgIpc) is 3.10. The number of rotatable bonds is 9. The first-order valence-corrected chi connectivity index (χ1v) is 11.9. The molecule has 1 heterocycles. The summed E-state index contributed by atoms with van der Waals surface area (Å²) in [6, 6.07) is 13.8. The van der Waals surface area contributed by atoms with Crippen LogP contribution in [0.4, 0.5) is 5.13 Å². The molecule has 0 radical (unpaired) electrons. The van der Waals surface area contributed by atoms with E-state index < -0.39 is 0 Å². The Labute approximate surface area is 195 Å². The molecule has 6 heteroatoms. The van der Waals surface area contributed by atoms with Crippen molar-refractivity contribution in [2.75, 3.05) is 18.5 Å². The summed E-state index contributed by atoms with van der Waals surface area (Å²) in [6.07, 6.45) is 2.04. The van der Waals surface area contributed by atoms with Crippen molar-refractivity contribution in [1.29, 1.82) is 0 Å². The summed E-state index contributed by atoms with van der Waals surface area (Å²) in [5.74, 6) is 1.26. The Kier molecular flexibility index (Phi) is 7.44. The zero-order chi connectivity index (χ0) is 23.4. The number of nitrogens with one attached hydrogen (secondary N) is 1. The van der Waals surface area contributed by atoms with Crippen molar-refractivity contribution in [1.82, 2.24) is 4.98 Å². The van der Waals surface area contributed by atoms with Gasteiger partial charge in [-0.1, -0.05) is 65.0 Å². The predicted octanol–water partition coefficient (Wildman–Crippen LogP) is 6.82. The molecule has 2 aromatic carbocycles. The third kappa shape index (κ3) is 6.70. The van der Waals surface area contributed by atoms with Gasteiger partial charge in [-0.3, -0.25) is 10.1 Å². The van der Waals surface area contributed by atoms with Gasteiger partial charge in [-0.05, 0) is 59.6 Å². The Hall–Kier alpha value is -2.60. The number of hydrogen-bond donors (Lipinski definition) is 1. The van der Waals surface area contributed by atoms with Gasteiger partial charge in [-0.2, -0.15) is 0 Å². The van der Waals surface area contributed by atoms with Gasteiger partial charge in [0.2, 0.25) is 0 Å². The molecule has 0 bridgehead atoms. The monoisotopic (exact) mass is 454 g/mol. The minimum Gasteiger partial charge on any atom is -0.494 e. The number of nitrogens with zero attached hydrogens (tertiary/aromatic N) is 1. The molecule has 0 atom stereocenters. The molecular formula is C26H34N2O3S. The van der Waals surface area contributed by atoms with E-state index in [0.29, 0.717) is 17.5 Å². The lowest BCUT2D eigenvalue weighted by atomic mass is 9.72. The van der Waals surface area contributed by atoms with Crippen molar-refractivity contribution in [2.45, 2.75) is 59.8 Å². The highest BCUT2D eigenvalue weighted by Crippen LogP contribution is 2.36. The van der Waals surface area contributed by atoms with Crippen molar-refractivity contribution in [3.63, 3.8) is 0 Å². The fourth-order valence-electron chi connectivity index (χ4n) is 4.00. The van der Waals surface area contributed by atoms with Gasteiger partial charge in [0.25, 0.3) is 5.91 Å². The standard InChI is InChI=1S/C26H34N2O3S/c1-7-14-30-20-12-13-21-22(15-20)32-24(27-21)28-23(29)16-31-19-10-8-18(9-11-19)26(5,6)17-25(2,3)4/h8-13,15H,7,14,16-17H2,1-6H3,(H,27,28,29). The Balaban J connectivity index is 1.55. The van der Waals surface area contributed by atoms with Crippen LogP contribution in [0.5, 0.6) is 11.5 Å². The fourth-order valence-corrected chi connectivity index (χ4v) is 4.91. The molecule has 0 unspecified atom stereocenters. The van der Waals surface area contributed by atoms with E-state index in [-0.39, 0.29) is 23.3 Å². The van der Waals surface area contributed by atoms with Crippen LogP contribution in [-0.4, -0.2) is 24.1 Å². The largest absolute Gasteiger partial charge is 0.494 e. The number of ether oxygens (including phenoxy) is 2. The molecule has 3 aromatic rings. The molecule has 5 nitrogen and oxygen atoms in total. The smallest absolute Gasteiger partial charge is 0.264 e. The second kappa shape index (κ2) is 9.90. The number of carbonyl (C=O) groups excluding carboxylic acids is 1. The van der Waals surface area contributed by atoms with Gasteiger partial charge in [-0.25, -0.2) is 4.98 Å². The topological polar surface area (TPSA) is 60.5 Å². The number of carbonyl (C=O) groups is 1. The third-order valence-electron chi connectivity index (χ3n) is 5.06. The summed E-state index contributed by atoms with van der Waals surface area (Å²) < 4.78 is 12.3. The number of hydrogen-bond acceptors (Lipinski definition) is 5. The lowest BCUT2D eigenvalue weighted by Crippen LogP contribution is -2.24. The van der Waals surface area contributed by atoms with Gasteiger partial charge in [0.15, 0.2) is 11.7 Å². The lowest BCUT2D eigenvalue weighted by molar-refractivity contribution is -0.118. The van der Waals surface area contributed by atoms with E-state index in [9.17, 15) is 4.79 Å². The third-order valence-corrected chi connectivity index (χ3v) is 5.99. The lowest BCUT2D eigenvalue weighted by Gasteiger charge is -2.33. The summed E-state index contributed by atoms with van der Waals surface area (Å²) in [7, 11) is 0. The molecule has 0 aliphatic carbocycles. The molecule has 1 N–H and O–H groups in total. The normalized spacial score (nSPS) is 12.1. The SMILES string of the molecule is CCCOc1ccc2nc(NC(=O)COc3ccc(C(C)(C)CC(C)(C)C)cc3)sc2c1. The first-order valence-electron chi connectivity index (χ1n) is 11.1. The molecule has 32 heavy (non-hydrogen) atoms. The van der Waals surface area contributed by atoms with Crippen molar-refractivity contribution < 1.29 is 14.3 Å².